The van der Waals surface area contributed by atoms with E-state index in [1.807, 2.05) is 80.5 Å². The van der Waals surface area contributed by atoms with Gasteiger partial charge in [-0.1, -0.05) is 29.8 Å². The minimum Gasteiger partial charge on any atom is -0.485 e. The van der Waals surface area contributed by atoms with Crippen LogP contribution in [0.5, 0.6) is 11.6 Å². The van der Waals surface area contributed by atoms with Crippen LogP contribution in [0.15, 0.2) is 119 Å². The number of hydrogen-bond acceptors (Lipinski definition) is 16. The summed E-state index contributed by atoms with van der Waals surface area (Å²) in [6.45, 7) is 14.9. The van der Waals surface area contributed by atoms with E-state index in [0.717, 1.165) is 33.9 Å². The van der Waals surface area contributed by atoms with Gasteiger partial charge in [-0.2, -0.15) is 21.4 Å². The van der Waals surface area contributed by atoms with Gasteiger partial charge in [0, 0.05) is 60.1 Å². The standard InChI is InChI=1S/C58H70ClFN8O13S2/c1-7-66-48-20-18-43(82(70,71)72)34-45(48)57(3,4)51(66)13-10-9-11-14-52-58(5,46-35-44(83(73,74)75)19-21-49(46)67(52)8-2)24-12-15-54(69)61-25-26-77-27-28-78-29-30-79-31-32-80-39-53-63-64-56(68(53)41-17-23-55(76-6)62-36-41)65-37-42(38-65)81-50-22-16-40(60)33-47(50)59/h9-11,13-14,16-23,33-36,42H,7-8,12,15,24-32,37-39H2,1-6H3,(H2-,61,69,70,71,72,73,74,75)/p+1. The quantitative estimate of drug-likeness (QED) is 0.0171. The topological polar surface area (TPSA) is 246 Å². The molecule has 0 radical (unpaired) electrons. The summed E-state index contributed by atoms with van der Waals surface area (Å²) in [5, 5.41) is 12.0. The van der Waals surface area contributed by atoms with Crippen LogP contribution in [0.25, 0.3) is 5.69 Å². The van der Waals surface area contributed by atoms with Crippen LogP contribution in [0.3, 0.4) is 0 Å². The Bertz CT molecular complexity index is 3480. The second-order valence-electron chi connectivity index (χ2n) is 20.6. The number of aromatic nitrogens is 4. The molecule has 3 aliphatic heterocycles. The molecule has 5 heterocycles. The normalized spacial score (nSPS) is 17.5. The lowest BCUT2D eigenvalue weighted by molar-refractivity contribution is -0.433. The smallest absolute Gasteiger partial charge is 0.294 e. The van der Waals surface area contributed by atoms with E-state index in [4.69, 9.17) is 40.0 Å². The minimum atomic E-state index is -4.50. The highest BCUT2D eigenvalue weighted by Gasteiger charge is 2.45. The van der Waals surface area contributed by atoms with Gasteiger partial charge in [0.25, 0.3) is 20.2 Å². The van der Waals surface area contributed by atoms with Gasteiger partial charge in [-0.25, -0.2) is 9.37 Å². The Labute approximate surface area is 488 Å². The van der Waals surface area contributed by atoms with E-state index >= 15 is 0 Å². The molecule has 3 aliphatic rings. The molecule has 0 aliphatic carbocycles. The van der Waals surface area contributed by atoms with Crippen LogP contribution < -0.4 is 24.6 Å². The maximum atomic E-state index is 13.5. The predicted octanol–water partition coefficient (Wildman–Crippen LogP) is 7.97. The van der Waals surface area contributed by atoms with Crippen molar-refractivity contribution >= 4 is 60.8 Å². The molecule has 8 rings (SSSR count). The number of nitrogens with one attached hydrogen (secondary N) is 1. The molecule has 0 spiro atoms. The zero-order valence-electron chi connectivity index (χ0n) is 47.3. The molecule has 1 unspecified atom stereocenters. The molecule has 1 saturated heterocycles. The van der Waals surface area contributed by atoms with Crippen molar-refractivity contribution in [2.45, 2.75) is 87.2 Å². The van der Waals surface area contributed by atoms with Gasteiger partial charge in [-0.15, -0.1) is 10.2 Å². The molecule has 3 aromatic carbocycles. The number of allylic oxidation sites excluding steroid dienone is 6. The third-order valence-corrected chi connectivity index (χ3v) is 16.7. The Hall–Kier alpha value is -6.61. The van der Waals surface area contributed by atoms with Gasteiger partial charge in [0.2, 0.25) is 23.4 Å². The zero-order valence-corrected chi connectivity index (χ0v) is 49.7. The van der Waals surface area contributed by atoms with Crippen molar-refractivity contribution < 1.29 is 68.1 Å². The van der Waals surface area contributed by atoms with Crippen LogP contribution in [0.1, 0.15) is 70.8 Å². The summed E-state index contributed by atoms with van der Waals surface area (Å²) >= 11 is 6.17. The molecule has 3 N–H and O–H groups in total. The van der Waals surface area contributed by atoms with Crippen molar-refractivity contribution in [3.05, 3.63) is 137 Å². The lowest BCUT2D eigenvalue weighted by Crippen LogP contribution is -2.55. The summed E-state index contributed by atoms with van der Waals surface area (Å²) in [7, 11) is -7.34. The molecule has 25 heteroatoms. The average Bonchev–Trinajstić information content (AvgIpc) is 2.00. The number of ether oxygens (including phenoxy) is 6. The Morgan fingerprint density at radius 3 is 2.16 bits per heavy atom. The number of carbonyl (C=O) groups is 1. The van der Waals surface area contributed by atoms with Crippen LogP contribution >= 0.6 is 11.6 Å². The zero-order chi connectivity index (χ0) is 59.5. The van der Waals surface area contributed by atoms with Gasteiger partial charge in [-0.3, -0.25) is 18.5 Å². The largest absolute Gasteiger partial charge is 0.485 e. The number of carbonyl (C=O) groups excluding carboxylic acids is 1. The molecule has 1 fully saturated rings. The van der Waals surface area contributed by atoms with E-state index in [9.17, 15) is 35.1 Å². The van der Waals surface area contributed by atoms with Crippen molar-refractivity contribution in [1.82, 2.24) is 25.1 Å². The van der Waals surface area contributed by atoms with Crippen molar-refractivity contribution in [2.24, 2.45) is 0 Å². The Balaban J connectivity index is 0.743. The predicted molar refractivity (Wildman–Crippen MR) is 310 cm³/mol. The first-order valence-corrected chi connectivity index (χ1v) is 30.5. The second-order valence-corrected chi connectivity index (χ2v) is 23.8. The first-order chi connectivity index (χ1) is 39.7. The Morgan fingerprint density at radius 2 is 1.52 bits per heavy atom. The Morgan fingerprint density at radius 1 is 0.843 bits per heavy atom. The van der Waals surface area contributed by atoms with E-state index in [1.54, 1.807) is 31.5 Å². The van der Waals surface area contributed by atoms with E-state index in [2.05, 4.69) is 30.0 Å². The summed E-state index contributed by atoms with van der Waals surface area (Å²) in [4.78, 5) is 21.2. The number of nitrogens with zero attached hydrogens (tertiary/aromatic N) is 7. The minimum absolute atomic E-state index is 0.147. The number of rotatable bonds is 30. The van der Waals surface area contributed by atoms with Gasteiger partial charge in [0.1, 0.15) is 30.8 Å². The summed E-state index contributed by atoms with van der Waals surface area (Å²) in [6.07, 6.45) is 12.3. The van der Waals surface area contributed by atoms with Crippen molar-refractivity contribution in [1.29, 1.82) is 0 Å². The average molecular weight is 1210 g/mol. The molecule has 21 nitrogen and oxygen atoms in total. The lowest BCUT2D eigenvalue weighted by atomic mass is 9.77. The number of pyridine rings is 1. The van der Waals surface area contributed by atoms with Crippen molar-refractivity contribution in [3.8, 4) is 17.3 Å². The monoisotopic (exact) mass is 1210 g/mol. The number of benzene rings is 3. The highest BCUT2D eigenvalue weighted by Crippen LogP contribution is 2.51. The van der Waals surface area contributed by atoms with Crippen LogP contribution in [-0.2, 0) is 61.4 Å². The van der Waals surface area contributed by atoms with Crippen LogP contribution in [0.2, 0.25) is 5.02 Å². The van der Waals surface area contributed by atoms with Crippen LogP contribution in [0.4, 0.5) is 21.7 Å². The third-order valence-electron chi connectivity index (χ3n) is 14.7. The first-order valence-electron chi connectivity index (χ1n) is 27.3. The van der Waals surface area contributed by atoms with Crippen LogP contribution in [-0.4, -0.2) is 154 Å². The molecule has 83 heavy (non-hydrogen) atoms. The number of anilines is 2. The maximum absolute atomic E-state index is 13.5. The van der Waals surface area contributed by atoms with E-state index < -0.39 is 36.9 Å². The van der Waals surface area contributed by atoms with Crippen molar-refractivity contribution in [2.75, 3.05) is 95.9 Å². The summed E-state index contributed by atoms with van der Waals surface area (Å²) in [5.41, 5.74) is 4.43. The molecule has 1 amide bonds. The van der Waals surface area contributed by atoms with Gasteiger partial charge in [0.15, 0.2) is 11.5 Å². The van der Waals surface area contributed by atoms with Crippen molar-refractivity contribution in [3.63, 3.8) is 0 Å². The fourth-order valence-corrected chi connectivity index (χ4v) is 11.7. The summed E-state index contributed by atoms with van der Waals surface area (Å²) < 4.78 is 120. The molecule has 1 atom stereocenters. The number of likely N-dealkylation sites (N-methyl/N-ethyl adjacent to an activating group) is 1. The molecule has 446 valence electrons. The maximum Gasteiger partial charge on any atom is 0.294 e. The number of hydrogen-bond donors (Lipinski definition) is 3. The van der Waals surface area contributed by atoms with E-state index in [0.29, 0.717) is 108 Å². The molecule has 5 aromatic rings. The number of halogens is 2. The number of amides is 1. The fourth-order valence-electron chi connectivity index (χ4n) is 10.5. The first kappa shape index (κ1) is 62.4. The summed E-state index contributed by atoms with van der Waals surface area (Å²) in [6, 6.07) is 16.9. The van der Waals surface area contributed by atoms with E-state index in [1.165, 1.54) is 42.5 Å². The van der Waals surface area contributed by atoms with E-state index in [-0.39, 0.29) is 53.1 Å². The number of fused-ring (bicyclic) bond motifs is 2. The van der Waals surface area contributed by atoms with Gasteiger partial charge >= 0.3 is 0 Å². The number of methoxy groups -OCH3 is 1. The van der Waals surface area contributed by atoms with Gasteiger partial charge in [-0.05, 0) is 114 Å². The third kappa shape index (κ3) is 14.8. The SMILES string of the molecule is CCN1\C(=C/C=C/C=C/C2=[N+](CC)c3ccc(S(=O)(=O)O)cc3C2(C)C)C(C)(CCCC(=O)NCCOCCOCCOCCOCc2nnc(N3CC(Oc4ccc(F)cc4Cl)C3)n2-c2ccc(OC)nc2)c2cc(S(=O)(=O)O)ccc21. The summed E-state index contributed by atoms with van der Waals surface area (Å²) in [5.74, 6) is 1.40. The fraction of sp³-hybridized carbons (Fsp3) is 0.431. The molecule has 0 bridgehead atoms. The highest BCUT2D eigenvalue weighted by atomic mass is 35.5. The molecule has 0 saturated carbocycles. The molecule has 2 aromatic heterocycles. The van der Waals surface area contributed by atoms with Gasteiger partial charge < -0.3 is 43.5 Å². The van der Waals surface area contributed by atoms with Crippen LogP contribution in [0, 0.1) is 5.82 Å². The highest BCUT2D eigenvalue weighted by molar-refractivity contribution is 7.86. The molecular formula is C58H71ClFN8O13S2+. The van der Waals surface area contributed by atoms with Gasteiger partial charge in [0.05, 0.1) is 98.6 Å². The molecular weight excluding hydrogens is 1140 g/mol. The Kier molecular flexibility index (Phi) is 20.6. The lowest BCUT2D eigenvalue weighted by Gasteiger charge is -2.39. The second kappa shape index (κ2) is 27.4.